The lowest BCUT2D eigenvalue weighted by molar-refractivity contribution is -0.141. The van der Waals surface area contributed by atoms with Gasteiger partial charge in [-0.05, 0) is 79.3 Å². The summed E-state index contributed by atoms with van der Waals surface area (Å²) in [5.74, 6) is -1.11. The van der Waals surface area contributed by atoms with Gasteiger partial charge in [0.1, 0.15) is 18.1 Å². The molecule has 4 atom stereocenters. The number of amides is 2. The molecule has 2 saturated heterocycles. The van der Waals surface area contributed by atoms with Crippen LogP contribution >= 0.6 is 0 Å². The van der Waals surface area contributed by atoms with E-state index in [-0.39, 0.29) is 36.0 Å². The Morgan fingerprint density at radius 3 is 2.48 bits per heavy atom. The topological polar surface area (TPSA) is 113 Å². The van der Waals surface area contributed by atoms with Crippen molar-refractivity contribution >= 4 is 34.6 Å². The number of para-hydroxylation sites is 1. The van der Waals surface area contributed by atoms with E-state index in [2.05, 4.69) is 13.0 Å². The Bertz CT molecular complexity index is 1680. The van der Waals surface area contributed by atoms with Gasteiger partial charge in [0.2, 0.25) is 11.8 Å². The number of hydrogen-bond acceptors (Lipinski definition) is 6. The molecule has 2 fully saturated rings. The predicted octanol–water partition coefficient (Wildman–Crippen LogP) is 6.77. The van der Waals surface area contributed by atoms with Crippen molar-refractivity contribution in [2.24, 2.45) is 17.8 Å². The number of allylic oxidation sites excluding steroid dienone is 1. The van der Waals surface area contributed by atoms with Crippen LogP contribution in [0.1, 0.15) is 57.4 Å². The summed E-state index contributed by atoms with van der Waals surface area (Å²) in [4.78, 5) is 39.6. The summed E-state index contributed by atoms with van der Waals surface area (Å²) in [5.41, 5.74) is 4.39. The number of aliphatic carboxylic acids is 1. The van der Waals surface area contributed by atoms with E-state index in [9.17, 15) is 19.5 Å². The lowest BCUT2D eigenvalue weighted by Gasteiger charge is -2.31. The number of carbonyl (C=O) groups is 3. The molecular weight excluding hydrogens is 582 g/mol. The van der Waals surface area contributed by atoms with Crippen molar-refractivity contribution < 1.29 is 34.1 Å². The molecule has 2 aliphatic heterocycles. The molecule has 2 heterocycles. The number of benzene rings is 3. The summed E-state index contributed by atoms with van der Waals surface area (Å²) in [6.07, 6.45) is 5.85. The van der Waals surface area contributed by atoms with E-state index in [0.717, 1.165) is 46.1 Å². The quantitative estimate of drug-likeness (QED) is 0.123. The number of phenolic OH excluding ortho intramolecular Hbond substituents is 1. The number of rotatable bonds is 13. The first-order valence-electron chi connectivity index (χ1n) is 16.3. The minimum atomic E-state index is -0.835. The number of imide groups is 1. The first-order valence-corrected chi connectivity index (χ1v) is 16.3. The van der Waals surface area contributed by atoms with Crippen LogP contribution in [0.25, 0.3) is 16.8 Å². The molecular formula is C38H41NO7. The van der Waals surface area contributed by atoms with Crippen LogP contribution in [0.15, 0.2) is 83.4 Å². The number of phenols is 1. The van der Waals surface area contributed by atoms with Crippen LogP contribution in [0.2, 0.25) is 0 Å². The molecule has 3 aromatic carbocycles. The van der Waals surface area contributed by atoms with Gasteiger partial charge in [-0.1, -0.05) is 66.6 Å². The Hall–Kier alpha value is -4.43. The van der Waals surface area contributed by atoms with Crippen LogP contribution in [0.4, 0.5) is 0 Å². The maximum absolute atomic E-state index is 13.7. The van der Waals surface area contributed by atoms with Crippen molar-refractivity contribution in [1.82, 2.24) is 4.90 Å². The van der Waals surface area contributed by atoms with Crippen molar-refractivity contribution in [3.63, 3.8) is 0 Å². The molecule has 0 aromatic heterocycles. The molecule has 0 radical (unpaired) electrons. The van der Waals surface area contributed by atoms with E-state index in [1.54, 1.807) is 6.07 Å². The van der Waals surface area contributed by atoms with E-state index in [4.69, 9.17) is 14.6 Å². The largest absolute Gasteiger partial charge is 0.507 e. The third kappa shape index (κ3) is 6.58. The maximum atomic E-state index is 13.7. The first kappa shape index (κ1) is 31.5. The van der Waals surface area contributed by atoms with Gasteiger partial charge in [-0.15, -0.1) is 0 Å². The van der Waals surface area contributed by atoms with Crippen molar-refractivity contribution in [3.8, 4) is 11.5 Å². The molecule has 0 saturated carbocycles. The van der Waals surface area contributed by atoms with E-state index < -0.39 is 17.8 Å². The minimum absolute atomic E-state index is 0.0895. The number of nitrogens with zero attached hydrogens (tertiary/aromatic N) is 1. The van der Waals surface area contributed by atoms with Gasteiger partial charge in [-0.3, -0.25) is 19.3 Å². The highest BCUT2D eigenvalue weighted by Crippen LogP contribution is 2.50. The number of carbonyl (C=O) groups excluding carboxylic acids is 2. The molecule has 0 spiro atoms. The summed E-state index contributed by atoms with van der Waals surface area (Å²) in [5, 5.41) is 21.0. The summed E-state index contributed by atoms with van der Waals surface area (Å²) < 4.78 is 12.6. The van der Waals surface area contributed by atoms with Gasteiger partial charge in [0.15, 0.2) is 0 Å². The van der Waals surface area contributed by atoms with Gasteiger partial charge >= 0.3 is 5.97 Å². The molecule has 1 aliphatic carbocycles. The van der Waals surface area contributed by atoms with E-state index in [1.807, 2.05) is 60.7 Å². The number of aromatic hydroxyl groups is 1. The summed E-state index contributed by atoms with van der Waals surface area (Å²) in [6.45, 7) is 3.16. The molecule has 0 bridgehead atoms. The van der Waals surface area contributed by atoms with Gasteiger partial charge in [0.25, 0.3) is 0 Å². The Morgan fingerprint density at radius 2 is 1.70 bits per heavy atom. The third-order valence-electron chi connectivity index (χ3n) is 9.67. The molecule has 8 heteroatoms. The SMILES string of the molecule is C/C(=C\c1ccc(O)c2ccccc12)CC[C@H]1OC[C@H]2C1=C(COc1ccccc1)C[C@H]1C(=O)N(CCCCCC(=O)O)C(=O)[C@H]12. The van der Waals surface area contributed by atoms with Crippen molar-refractivity contribution in [1.29, 1.82) is 0 Å². The molecule has 3 aromatic rings. The monoisotopic (exact) mass is 623 g/mol. The number of carboxylic acid groups (broad SMARTS) is 1. The summed E-state index contributed by atoms with van der Waals surface area (Å²) >= 11 is 0. The van der Waals surface area contributed by atoms with Crippen LogP contribution in [0.3, 0.4) is 0 Å². The zero-order valence-corrected chi connectivity index (χ0v) is 26.2. The second-order valence-corrected chi connectivity index (χ2v) is 12.7. The second-order valence-electron chi connectivity index (χ2n) is 12.7. The normalized spacial score (nSPS) is 22.8. The predicted molar refractivity (Wildman–Crippen MR) is 175 cm³/mol. The Kier molecular flexibility index (Phi) is 9.54. The summed E-state index contributed by atoms with van der Waals surface area (Å²) in [7, 11) is 0. The zero-order valence-electron chi connectivity index (χ0n) is 26.2. The van der Waals surface area contributed by atoms with Gasteiger partial charge in [0.05, 0.1) is 24.5 Å². The molecule has 3 aliphatic rings. The van der Waals surface area contributed by atoms with Gasteiger partial charge < -0.3 is 19.7 Å². The number of hydrogen-bond donors (Lipinski definition) is 2. The highest BCUT2D eigenvalue weighted by molar-refractivity contribution is 6.06. The Morgan fingerprint density at radius 1 is 0.935 bits per heavy atom. The highest BCUT2D eigenvalue weighted by atomic mass is 16.5. The van der Waals surface area contributed by atoms with Crippen LogP contribution in [-0.2, 0) is 19.1 Å². The Balaban J connectivity index is 1.20. The fourth-order valence-electron chi connectivity index (χ4n) is 7.43. The number of carboxylic acids is 1. The molecule has 2 N–H and O–H groups in total. The molecule has 46 heavy (non-hydrogen) atoms. The van der Waals surface area contributed by atoms with E-state index in [0.29, 0.717) is 45.4 Å². The molecule has 240 valence electrons. The Labute approximate surface area is 269 Å². The van der Waals surface area contributed by atoms with Crippen LogP contribution < -0.4 is 4.74 Å². The standard InChI is InChI=1S/C38H41NO7/c1-24(20-25-16-17-32(40)29-13-8-7-12-28(25)29)15-18-33-35-26(22-45-27-10-4-2-5-11-27)21-30-36(31(35)23-46-33)38(44)39(37(30)43)19-9-3-6-14-34(41)42/h2,4-5,7-8,10-13,16-17,20,30-31,33,36,40H,3,6,9,14-15,18-19,21-23H2,1H3,(H,41,42)/b24-20+/t30-,31+,33-,36-/m1/s1. The molecule has 8 nitrogen and oxygen atoms in total. The fourth-order valence-corrected chi connectivity index (χ4v) is 7.43. The summed E-state index contributed by atoms with van der Waals surface area (Å²) in [6, 6.07) is 21.1. The van der Waals surface area contributed by atoms with E-state index in [1.165, 1.54) is 10.5 Å². The number of ether oxygens (including phenoxy) is 2. The smallest absolute Gasteiger partial charge is 0.303 e. The molecule has 6 rings (SSSR count). The van der Waals surface area contributed by atoms with Crippen molar-refractivity contribution in [3.05, 3.63) is 89.0 Å². The lowest BCUT2D eigenvalue weighted by atomic mass is 9.69. The average molecular weight is 624 g/mol. The van der Waals surface area contributed by atoms with Gasteiger partial charge in [-0.2, -0.15) is 0 Å². The van der Waals surface area contributed by atoms with Gasteiger partial charge in [-0.25, -0.2) is 0 Å². The highest BCUT2D eigenvalue weighted by Gasteiger charge is 2.56. The second kappa shape index (κ2) is 13.9. The lowest BCUT2D eigenvalue weighted by Crippen LogP contribution is -2.35. The number of unbranched alkanes of at least 4 members (excludes halogenated alkanes) is 2. The van der Waals surface area contributed by atoms with Crippen LogP contribution in [0, 0.1) is 17.8 Å². The van der Waals surface area contributed by atoms with Crippen molar-refractivity contribution in [2.45, 2.75) is 58.0 Å². The van der Waals surface area contributed by atoms with Crippen LogP contribution in [-0.4, -0.2) is 58.8 Å². The molecule has 0 unspecified atom stereocenters. The third-order valence-corrected chi connectivity index (χ3v) is 9.67. The van der Waals surface area contributed by atoms with Crippen molar-refractivity contribution in [2.75, 3.05) is 19.8 Å². The van der Waals surface area contributed by atoms with Crippen LogP contribution in [0.5, 0.6) is 11.5 Å². The zero-order chi connectivity index (χ0) is 32.2. The van der Waals surface area contributed by atoms with E-state index >= 15 is 0 Å². The first-order chi connectivity index (χ1) is 22.3. The number of fused-ring (bicyclic) bond motifs is 4. The minimum Gasteiger partial charge on any atom is -0.507 e. The average Bonchev–Trinajstić information content (AvgIpc) is 3.59. The van der Waals surface area contributed by atoms with Gasteiger partial charge in [0, 0.05) is 24.3 Å². The fraction of sp³-hybridized carbons (Fsp3) is 0.395. The number of likely N-dealkylation sites (tertiary alicyclic amines) is 1. The molecule has 2 amide bonds. The maximum Gasteiger partial charge on any atom is 0.303 e.